The average Bonchev–Trinajstić information content (AvgIpc) is 2.62. The quantitative estimate of drug-likeness (QED) is 0.220. The lowest BCUT2D eigenvalue weighted by molar-refractivity contribution is -0.193. The molecule has 1 aromatic heterocycles. The van der Waals surface area contributed by atoms with Crippen LogP contribution in [0.4, 0.5) is 37.8 Å². The van der Waals surface area contributed by atoms with Crippen LogP contribution in [0.2, 0.25) is 0 Å². The van der Waals surface area contributed by atoms with Crippen LogP contribution >= 0.6 is 0 Å². The third-order valence-electron chi connectivity index (χ3n) is 2.98. The van der Waals surface area contributed by atoms with Crippen molar-refractivity contribution in [2.24, 2.45) is 5.73 Å². The van der Waals surface area contributed by atoms with Crippen LogP contribution in [0.15, 0.2) is 18.3 Å². The molecule has 1 aliphatic heterocycles. The summed E-state index contributed by atoms with van der Waals surface area (Å²) in [5.74, 6) is -5.01. The van der Waals surface area contributed by atoms with Gasteiger partial charge in [0.15, 0.2) is 5.96 Å². The van der Waals surface area contributed by atoms with E-state index < -0.39 is 24.3 Å². The number of carbonyl (C=O) groups is 2. The lowest BCUT2D eigenvalue weighted by atomic mass is 10.3. The number of pyridine rings is 1. The van der Waals surface area contributed by atoms with Crippen molar-refractivity contribution in [3.05, 3.63) is 18.3 Å². The number of carboxylic acid groups (broad SMARTS) is 2. The Morgan fingerprint density at radius 3 is 1.80 bits per heavy atom. The molecule has 7 N–H and O–H groups in total. The fraction of sp³-hybridized carbons (Fsp3) is 0.429. The summed E-state index contributed by atoms with van der Waals surface area (Å²) in [6.45, 7) is 4.02. The fourth-order valence-electron chi connectivity index (χ4n) is 1.71. The van der Waals surface area contributed by atoms with Crippen LogP contribution in [-0.4, -0.2) is 71.6 Å². The number of nitrogens with two attached hydrogens (primary N) is 1. The van der Waals surface area contributed by atoms with Crippen LogP contribution < -0.4 is 21.3 Å². The largest absolute Gasteiger partial charge is 0.490 e. The Hall–Kier alpha value is -3.30. The van der Waals surface area contributed by atoms with Gasteiger partial charge in [-0.3, -0.25) is 5.41 Å². The number of hydrogen-bond donors (Lipinski definition) is 6. The normalized spacial score (nSPS) is 13.7. The lowest BCUT2D eigenvalue weighted by Gasteiger charge is -2.29. The van der Waals surface area contributed by atoms with Gasteiger partial charge < -0.3 is 31.5 Å². The molecule has 16 heteroatoms. The minimum Gasteiger partial charge on any atom is -0.475 e. The Morgan fingerprint density at radius 1 is 1.07 bits per heavy atom. The highest BCUT2D eigenvalue weighted by Crippen LogP contribution is 2.15. The monoisotopic (exact) mass is 448 g/mol. The molecule has 0 unspecified atom stereocenters. The van der Waals surface area contributed by atoms with E-state index in [-0.39, 0.29) is 5.96 Å². The van der Waals surface area contributed by atoms with E-state index in [4.69, 9.17) is 30.9 Å². The van der Waals surface area contributed by atoms with Gasteiger partial charge in [-0.25, -0.2) is 14.6 Å². The maximum atomic E-state index is 10.6. The smallest absolute Gasteiger partial charge is 0.475 e. The van der Waals surface area contributed by atoms with Gasteiger partial charge in [0.2, 0.25) is 0 Å². The maximum Gasteiger partial charge on any atom is 0.490 e. The SMILES string of the molecule is N=C(N)Nc1ccc(N2CCNCC2)cn1.O=C(O)C(F)(F)F.O=C(O)C(F)(F)F. The number of anilines is 2. The number of alkyl halides is 6. The summed E-state index contributed by atoms with van der Waals surface area (Å²) >= 11 is 0. The highest BCUT2D eigenvalue weighted by atomic mass is 19.4. The summed E-state index contributed by atoms with van der Waals surface area (Å²) in [7, 11) is 0. The molecule has 30 heavy (non-hydrogen) atoms. The van der Waals surface area contributed by atoms with Gasteiger partial charge in [0.05, 0.1) is 11.9 Å². The first kappa shape index (κ1) is 26.7. The first-order valence-corrected chi connectivity index (χ1v) is 7.77. The van der Waals surface area contributed by atoms with E-state index >= 15 is 0 Å². The van der Waals surface area contributed by atoms with E-state index in [1.807, 2.05) is 12.1 Å². The molecule has 1 aliphatic rings. The first-order chi connectivity index (χ1) is 13.6. The molecule has 0 aliphatic carbocycles. The van der Waals surface area contributed by atoms with Crippen LogP contribution in [0, 0.1) is 5.41 Å². The predicted octanol–water partition coefficient (Wildman–Crippen LogP) is 1.06. The average molecular weight is 448 g/mol. The van der Waals surface area contributed by atoms with Crippen LogP contribution in [-0.2, 0) is 9.59 Å². The fourth-order valence-corrected chi connectivity index (χ4v) is 1.71. The van der Waals surface area contributed by atoms with Crippen LogP contribution in [0.1, 0.15) is 0 Å². The zero-order chi connectivity index (χ0) is 23.5. The van der Waals surface area contributed by atoms with Crippen molar-refractivity contribution in [1.82, 2.24) is 10.3 Å². The topological polar surface area (TPSA) is 165 Å². The maximum absolute atomic E-state index is 10.6. The molecular formula is C14H18F6N6O4. The number of aromatic nitrogens is 1. The zero-order valence-corrected chi connectivity index (χ0v) is 15.0. The van der Waals surface area contributed by atoms with Crippen LogP contribution in [0.3, 0.4) is 0 Å². The van der Waals surface area contributed by atoms with Crippen LogP contribution in [0.25, 0.3) is 0 Å². The zero-order valence-electron chi connectivity index (χ0n) is 15.0. The number of aliphatic carboxylic acids is 2. The highest BCUT2D eigenvalue weighted by molar-refractivity contribution is 5.88. The van der Waals surface area contributed by atoms with Crippen molar-refractivity contribution in [3.8, 4) is 0 Å². The Kier molecular flexibility index (Phi) is 10.4. The number of hydrogen-bond acceptors (Lipinski definition) is 6. The molecule has 0 saturated carbocycles. The third-order valence-corrected chi connectivity index (χ3v) is 2.98. The van der Waals surface area contributed by atoms with Crippen molar-refractivity contribution in [3.63, 3.8) is 0 Å². The first-order valence-electron chi connectivity index (χ1n) is 7.77. The van der Waals surface area contributed by atoms with E-state index in [0.29, 0.717) is 5.82 Å². The molecule has 10 nitrogen and oxygen atoms in total. The van der Waals surface area contributed by atoms with Gasteiger partial charge in [-0.2, -0.15) is 26.3 Å². The molecule has 0 aromatic carbocycles. The summed E-state index contributed by atoms with van der Waals surface area (Å²) in [5.41, 5.74) is 6.33. The van der Waals surface area contributed by atoms with Crippen LogP contribution in [0.5, 0.6) is 0 Å². The molecule has 1 aromatic rings. The summed E-state index contributed by atoms with van der Waals surface area (Å²) in [5, 5.41) is 27.3. The van der Waals surface area contributed by atoms with Crippen molar-refractivity contribution < 1.29 is 46.1 Å². The van der Waals surface area contributed by atoms with Crippen molar-refractivity contribution >= 4 is 29.4 Å². The second-order valence-corrected chi connectivity index (χ2v) is 5.28. The van der Waals surface area contributed by atoms with Gasteiger partial charge in [0, 0.05) is 26.2 Å². The van der Waals surface area contributed by atoms with Gasteiger partial charge in [-0.1, -0.05) is 0 Å². The molecule has 0 amide bonds. The Bertz CT molecular complexity index is 680. The minimum atomic E-state index is -5.08. The number of nitrogens with one attached hydrogen (secondary N) is 3. The van der Waals surface area contributed by atoms with Gasteiger partial charge in [-0.15, -0.1) is 0 Å². The van der Waals surface area contributed by atoms with Crippen molar-refractivity contribution in [2.75, 3.05) is 36.4 Å². The van der Waals surface area contributed by atoms with Gasteiger partial charge in [-0.05, 0) is 12.1 Å². The van der Waals surface area contributed by atoms with Crippen molar-refractivity contribution in [1.29, 1.82) is 5.41 Å². The van der Waals surface area contributed by atoms with E-state index in [2.05, 4.69) is 20.5 Å². The Labute approximate surface area is 165 Å². The number of carboxylic acids is 2. The van der Waals surface area contributed by atoms with E-state index in [9.17, 15) is 26.3 Å². The number of rotatable bonds is 2. The van der Waals surface area contributed by atoms with Gasteiger partial charge in [0.1, 0.15) is 5.82 Å². The molecular weight excluding hydrogens is 430 g/mol. The minimum absolute atomic E-state index is 0.0950. The van der Waals surface area contributed by atoms with E-state index in [0.717, 1.165) is 31.9 Å². The second kappa shape index (κ2) is 11.6. The number of piperazine rings is 1. The summed E-state index contributed by atoms with van der Waals surface area (Å²) in [6, 6.07) is 3.82. The van der Waals surface area contributed by atoms with Crippen molar-refractivity contribution in [2.45, 2.75) is 12.4 Å². The highest BCUT2D eigenvalue weighted by Gasteiger charge is 2.38. The van der Waals surface area contributed by atoms with E-state index in [1.165, 1.54) is 0 Å². The second-order valence-electron chi connectivity index (χ2n) is 5.28. The third kappa shape index (κ3) is 11.5. The molecule has 2 rings (SSSR count). The molecule has 0 atom stereocenters. The lowest BCUT2D eigenvalue weighted by Crippen LogP contribution is -2.43. The number of halogens is 6. The molecule has 0 bridgehead atoms. The predicted molar refractivity (Wildman–Crippen MR) is 92.2 cm³/mol. The molecule has 1 fully saturated rings. The molecule has 170 valence electrons. The summed E-state index contributed by atoms with van der Waals surface area (Å²) < 4.78 is 63.5. The standard InChI is InChI=1S/C10H16N6.2C2HF3O2/c11-10(12)15-9-2-1-8(7-14-9)16-5-3-13-4-6-16;2*3-2(4,5)1(6)7/h1-2,7,13H,3-6H2,(H4,11,12,14,15);2*(H,6,7). The van der Waals surface area contributed by atoms with Gasteiger partial charge >= 0.3 is 24.3 Å². The Balaban J connectivity index is 0.000000503. The number of nitrogens with zero attached hydrogens (tertiary/aromatic N) is 2. The van der Waals surface area contributed by atoms with E-state index in [1.54, 1.807) is 6.20 Å². The molecule has 0 spiro atoms. The molecule has 1 saturated heterocycles. The Morgan fingerprint density at radius 2 is 1.50 bits per heavy atom. The molecule has 0 radical (unpaired) electrons. The summed E-state index contributed by atoms with van der Waals surface area (Å²) in [6.07, 6.45) is -8.36. The summed E-state index contributed by atoms with van der Waals surface area (Å²) in [4.78, 5) is 24.3. The number of guanidine groups is 1. The molecule has 2 heterocycles. The van der Waals surface area contributed by atoms with Gasteiger partial charge in [0.25, 0.3) is 0 Å².